The molecule has 2 saturated heterocycles. The Balaban J connectivity index is 1.59. The van der Waals surface area contributed by atoms with Crippen LogP contribution in [0.2, 0.25) is 0 Å². The van der Waals surface area contributed by atoms with Crippen molar-refractivity contribution in [3.05, 3.63) is 30.1 Å². The molecule has 4 nitrogen and oxygen atoms in total. The van der Waals surface area contributed by atoms with Crippen LogP contribution in [-0.4, -0.2) is 54.7 Å². The van der Waals surface area contributed by atoms with Gasteiger partial charge in [-0.25, -0.2) is 4.39 Å². The fourth-order valence-electron chi connectivity index (χ4n) is 2.65. The van der Waals surface area contributed by atoms with E-state index in [2.05, 4.69) is 5.32 Å². The van der Waals surface area contributed by atoms with E-state index >= 15 is 0 Å². The molecule has 0 bridgehead atoms. The van der Waals surface area contributed by atoms with E-state index in [-0.39, 0.29) is 17.8 Å². The second kappa shape index (κ2) is 6.01. The van der Waals surface area contributed by atoms with Gasteiger partial charge in [0.05, 0.1) is 11.7 Å². The molecular weight excluding hydrogens is 277 g/mol. The number of anilines is 1. The van der Waals surface area contributed by atoms with Crippen LogP contribution in [0.25, 0.3) is 0 Å². The van der Waals surface area contributed by atoms with Crippen LogP contribution < -0.4 is 10.2 Å². The van der Waals surface area contributed by atoms with Gasteiger partial charge in [0.2, 0.25) is 5.91 Å². The highest BCUT2D eigenvalue weighted by molar-refractivity contribution is 7.99. The minimum absolute atomic E-state index is 0.0417. The normalized spacial score (nSPS) is 23.1. The number of thioether (sulfide) groups is 1. The smallest absolute Gasteiger partial charge is 0.240 e. The van der Waals surface area contributed by atoms with Crippen molar-refractivity contribution in [1.29, 1.82) is 0 Å². The van der Waals surface area contributed by atoms with Crippen molar-refractivity contribution in [3.8, 4) is 0 Å². The number of carbonyl (C=O) groups excluding carboxylic acids is 1. The first kappa shape index (κ1) is 13.7. The molecule has 2 aliphatic rings. The third-order valence-electron chi connectivity index (χ3n) is 3.80. The third kappa shape index (κ3) is 2.76. The number of hydrogen-bond acceptors (Lipinski definition) is 4. The fraction of sp³-hybridized carbons (Fsp3) is 0.500. The van der Waals surface area contributed by atoms with Crippen molar-refractivity contribution in [1.82, 2.24) is 10.2 Å². The average molecular weight is 295 g/mol. The SMILES string of the molecule is O=C([C@@H]1CSCN1)N1CCN(c2ccccc2F)CC1. The van der Waals surface area contributed by atoms with Crippen molar-refractivity contribution in [3.63, 3.8) is 0 Å². The summed E-state index contributed by atoms with van der Waals surface area (Å²) in [6.07, 6.45) is 0. The Kier molecular flexibility index (Phi) is 4.12. The van der Waals surface area contributed by atoms with Gasteiger partial charge in [-0.3, -0.25) is 10.1 Å². The maximum atomic E-state index is 13.7. The quantitative estimate of drug-likeness (QED) is 0.887. The van der Waals surface area contributed by atoms with E-state index in [4.69, 9.17) is 0 Å². The summed E-state index contributed by atoms with van der Waals surface area (Å²) >= 11 is 1.76. The van der Waals surface area contributed by atoms with Crippen molar-refractivity contribution < 1.29 is 9.18 Å². The van der Waals surface area contributed by atoms with E-state index in [0.717, 1.165) is 11.6 Å². The van der Waals surface area contributed by atoms with Gasteiger partial charge in [0, 0.05) is 37.8 Å². The summed E-state index contributed by atoms with van der Waals surface area (Å²) in [5, 5.41) is 3.20. The maximum absolute atomic E-state index is 13.7. The van der Waals surface area contributed by atoms with E-state index < -0.39 is 0 Å². The Bertz CT molecular complexity index is 485. The molecule has 3 rings (SSSR count). The number of nitrogens with one attached hydrogen (secondary N) is 1. The van der Waals surface area contributed by atoms with Crippen molar-refractivity contribution in [2.75, 3.05) is 42.7 Å². The number of para-hydroxylation sites is 1. The van der Waals surface area contributed by atoms with Crippen LogP contribution in [-0.2, 0) is 4.79 Å². The molecule has 0 radical (unpaired) electrons. The molecule has 1 amide bonds. The zero-order valence-electron chi connectivity index (χ0n) is 11.2. The second-order valence-corrected chi connectivity index (χ2v) is 6.07. The number of nitrogens with zero attached hydrogens (tertiary/aromatic N) is 2. The van der Waals surface area contributed by atoms with Gasteiger partial charge in [-0.2, -0.15) is 0 Å². The third-order valence-corrected chi connectivity index (χ3v) is 4.74. The van der Waals surface area contributed by atoms with Gasteiger partial charge >= 0.3 is 0 Å². The van der Waals surface area contributed by atoms with Gasteiger partial charge in [-0.15, -0.1) is 11.8 Å². The van der Waals surface area contributed by atoms with Crippen LogP contribution in [0.5, 0.6) is 0 Å². The molecule has 1 aromatic carbocycles. The monoisotopic (exact) mass is 295 g/mol. The Labute approximate surface area is 122 Å². The van der Waals surface area contributed by atoms with Gasteiger partial charge in [-0.05, 0) is 12.1 Å². The van der Waals surface area contributed by atoms with Crippen LogP contribution >= 0.6 is 11.8 Å². The van der Waals surface area contributed by atoms with E-state index in [1.807, 2.05) is 15.9 Å². The summed E-state index contributed by atoms with van der Waals surface area (Å²) in [4.78, 5) is 16.2. The highest BCUT2D eigenvalue weighted by Crippen LogP contribution is 2.21. The zero-order valence-corrected chi connectivity index (χ0v) is 12.0. The molecule has 0 aromatic heterocycles. The molecule has 1 aromatic rings. The van der Waals surface area contributed by atoms with Crippen LogP contribution in [0.1, 0.15) is 0 Å². The lowest BCUT2D eigenvalue weighted by Crippen LogP contribution is -2.53. The molecule has 108 valence electrons. The maximum Gasteiger partial charge on any atom is 0.240 e. The molecule has 0 aliphatic carbocycles. The summed E-state index contributed by atoms with van der Waals surface area (Å²) < 4.78 is 13.7. The molecule has 0 spiro atoms. The molecule has 2 heterocycles. The lowest BCUT2D eigenvalue weighted by atomic mass is 10.2. The number of amides is 1. The Morgan fingerprint density at radius 2 is 2.00 bits per heavy atom. The van der Waals surface area contributed by atoms with E-state index in [9.17, 15) is 9.18 Å². The predicted molar refractivity (Wildman–Crippen MR) is 79.4 cm³/mol. The van der Waals surface area contributed by atoms with E-state index in [0.29, 0.717) is 31.9 Å². The number of halogens is 1. The van der Waals surface area contributed by atoms with Crippen molar-refractivity contribution in [2.45, 2.75) is 6.04 Å². The molecule has 2 fully saturated rings. The largest absolute Gasteiger partial charge is 0.366 e. The Morgan fingerprint density at radius 3 is 2.65 bits per heavy atom. The Morgan fingerprint density at radius 1 is 1.25 bits per heavy atom. The second-order valence-electron chi connectivity index (χ2n) is 5.04. The molecule has 2 aliphatic heterocycles. The molecule has 6 heteroatoms. The topological polar surface area (TPSA) is 35.6 Å². The fourth-order valence-corrected chi connectivity index (χ4v) is 3.58. The van der Waals surface area contributed by atoms with Crippen LogP contribution in [0.4, 0.5) is 10.1 Å². The Hall–Kier alpha value is -1.27. The number of piperazine rings is 1. The minimum Gasteiger partial charge on any atom is -0.366 e. The van der Waals surface area contributed by atoms with E-state index in [1.165, 1.54) is 6.07 Å². The van der Waals surface area contributed by atoms with Gasteiger partial charge in [0.15, 0.2) is 0 Å². The molecule has 0 saturated carbocycles. The van der Waals surface area contributed by atoms with Crippen molar-refractivity contribution >= 4 is 23.4 Å². The summed E-state index contributed by atoms with van der Waals surface area (Å²) in [7, 11) is 0. The van der Waals surface area contributed by atoms with Crippen LogP contribution in [0, 0.1) is 5.82 Å². The molecule has 20 heavy (non-hydrogen) atoms. The molecule has 1 atom stereocenters. The van der Waals surface area contributed by atoms with Gasteiger partial charge in [-0.1, -0.05) is 12.1 Å². The highest BCUT2D eigenvalue weighted by Gasteiger charge is 2.29. The lowest BCUT2D eigenvalue weighted by molar-refractivity contribution is -0.132. The molecule has 0 unspecified atom stereocenters. The highest BCUT2D eigenvalue weighted by atomic mass is 32.2. The summed E-state index contributed by atoms with van der Waals surface area (Å²) in [6.45, 7) is 2.70. The van der Waals surface area contributed by atoms with Crippen LogP contribution in [0.3, 0.4) is 0 Å². The predicted octanol–water partition coefficient (Wildman–Crippen LogP) is 1.14. The average Bonchev–Trinajstić information content (AvgIpc) is 3.01. The van der Waals surface area contributed by atoms with Crippen LogP contribution in [0.15, 0.2) is 24.3 Å². The first-order chi connectivity index (χ1) is 9.75. The number of carbonyl (C=O) groups is 1. The van der Waals surface area contributed by atoms with E-state index in [1.54, 1.807) is 23.9 Å². The van der Waals surface area contributed by atoms with Gasteiger partial charge in [0.25, 0.3) is 0 Å². The minimum atomic E-state index is -0.193. The first-order valence-corrected chi connectivity index (χ1v) is 8.00. The summed E-state index contributed by atoms with van der Waals surface area (Å²) in [5.41, 5.74) is 0.633. The number of rotatable bonds is 2. The molecule has 1 N–H and O–H groups in total. The number of benzene rings is 1. The summed E-state index contributed by atoms with van der Waals surface area (Å²) in [6, 6.07) is 6.77. The number of hydrogen-bond donors (Lipinski definition) is 1. The van der Waals surface area contributed by atoms with Gasteiger partial charge in [0.1, 0.15) is 5.82 Å². The zero-order chi connectivity index (χ0) is 13.9. The molecular formula is C14H18FN3OS. The first-order valence-electron chi connectivity index (χ1n) is 6.85. The standard InChI is InChI=1S/C14H18FN3OS/c15-11-3-1-2-4-13(11)17-5-7-18(8-6-17)14(19)12-9-20-10-16-12/h1-4,12,16H,5-10H2/t12-/m0/s1. The van der Waals surface area contributed by atoms with Gasteiger partial charge < -0.3 is 9.80 Å². The van der Waals surface area contributed by atoms with Crippen molar-refractivity contribution in [2.24, 2.45) is 0 Å². The lowest BCUT2D eigenvalue weighted by Gasteiger charge is -2.37. The summed E-state index contributed by atoms with van der Waals surface area (Å²) in [5.74, 6) is 1.70.